The van der Waals surface area contributed by atoms with Gasteiger partial charge in [0.2, 0.25) is 0 Å². The zero-order valence-corrected chi connectivity index (χ0v) is 31.3. The molecule has 3 aliphatic rings. The van der Waals surface area contributed by atoms with E-state index in [2.05, 4.69) is 181 Å². The van der Waals surface area contributed by atoms with Crippen LogP contribution in [-0.2, 0) is 0 Å². The van der Waals surface area contributed by atoms with Gasteiger partial charge < -0.3 is 9.32 Å². The van der Waals surface area contributed by atoms with Crippen molar-refractivity contribution in [3.05, 3.63) is 204 Å². The molecule has 0 unspecified atom stereocenters. The highest BCUT2D eigenvalue weighted by Crippen LogP contribution is 2.40. The maximum Gasteiger partial charge on any atom is 0.135 e. The molecule has 0 fully saturated rings. The van der Waals surface area contributed by atoms with Gasteiger partial charge >= 0.3 is 0 Å². The summed E-state index contributed by atoms with van der Waals surface area (Å²) in [7, 11) is 0. The Morgan fingerprint density at radius 3 is 1.62 bits per heavy atom. The van der Waals surface area contributed by atoms with Gasteiger partial charge in [0.25, 0.3) is 0 Å². The van der Waals surface area contributed by atoms with Crippen molar-refractivity contribution < 1.29 is 4.42 Å². The summed E-state index contributed by atoms with van der Waals surface area (Å²) in [5.74, 6) is 6.40. The van der Waals surface area contributed by atoms with Crippen LogP contribution < -0.4 is 4.90 Å². The Morgan fingerprint density at radius 1 is 0.411 bits per heavy atom. The molecule has 7 aromatic rings. The zero-order chi connectivity index (χ0) is 37.3. The Balaban J connectivity index is 1.02. The lowest BCUT2D eigenvalue weighted by Gasteiger charge is -2.33. The van der Waals surface area contributed by atoms with Gasteiger partial charge in [0, 0.05) is 34.3 Å². The average molecular weight is 720 g/mol. The molecule has 0 N–H and O–H groups in total. The molecule has 0 atom stereocenters. The zero-order valence-electron chi connectivity index (χ0n) is 31.3. The third-order valence-corrected chi connectivity index (χ3v) is 11.5. The summed E-state index contributed by atoms with van der Waals surface area (Å²) in [6, 6.07) is 52.7. The molecule has 3 aliphatic carbocycles. The summed E-state index contributed by atoms with van der Waals surface area (Å²) >= 11 is 0. The Hall–Kier alpha value is -6.82. The van der Waals surface area contributed by atoms with Crippen molar-refractivity contribution in [1.82, 2.24) is 0 Å². The lowest BCUT2D eigenvalue weighted by Crippen LogP contribution is -2.24. The standard InChI is InChI=1S/C54H41NO/c1-4-12-38(13-5-1)41-20-27-48(28-21-41)55(49-29-22-42(23-30-49)44-26-33-54-52(37-44)51-18-10-11-19-53(51)56-54)50-31-24-43(25-32-50)47-35-45(39-14-6-2-7-15-39)34-46(36-47)40-16-8-3-9-17-40/h2-3,6-11,13-22,24,26-29,31,33-37H,4,12,23,25,30,32H2. The molecule has 6 aromatic carbocycles. The van der Waals surface area contributed by atoms with Gasteiger partial charge in [0.1, 0.15) is 11.2 Å². The van der Waals surface area contributed by atoms with Crippen LogP contribution in [-0.4, -0.2) is 0 Å². The molecule has 0 aliphatic heterocycles. The highest BCUT2D eigenvalue weighted by molar-refractivity contribution is 6.05. The van der Waals surface area contributed by atoms with Gasteiger partial charge in [0.05, 0.1) is 0 Å². The van der Waals surface area contributed by atoms with Gasteiger partial charge in [-0.15, -0.1) is 0 Å². The molecule has 2 heteroatoms. The summed E-state index contributed by atoms with van der Waals surface area (Å²) in [5.41, 5.74) is 18.5. The molecule has 0 spiro atoms. The molecule has 1 heterocycles. The van der Waals surface area contributed by atoms with Crippen LogP contribution in [0.5, 0.6) is 0 Å². The van der Waals surface area contributed by atoms with Gasteiger partial charge in [-0.25, -0.2) is 0 Å². The Labute approximate surface area is 329 Å². The van der Waals surface area contributed by atoms with E-state index in [0.29, 0.717) is 0 Å². The number of hydrogen-bond acceptors (Lipinski definition) is 2. The van der Waals surface area contributed by atoms with E-state index in [0.717, 1.165) is 49.7 Å². The molecular formula is C54H41NO. The summed E-state index contributed by atoms with van der Waals surface area (Å²) in [5, 5.41) is 2.34. The van der Waals surface area contributed by atoms with Gasteiger partial charge in [-0.2, -0.15) is 0 Å². The number of furan rings is 1. The van der Waals surface area contributed by atoms with Gasteiger partial charge in [-0.3, -0.25) is 0 Å². The van der Waals surface area contributed by atoms with Crippen LogP contribution in [0.15, 0.2) is 192 Å². The first-order valence-electron chi connectivity index (χ1n) is 19.8. The Morgan fingerprint density at radius 2 is 1.00 bits per heavy atom. The number of benzene rings is 6. The highest BCUT2D eigenvalue weighted by Gasteiger charge is 2.23. The minimum Gasteiger partial charge on any atom is -0.456 e. The molecule has 0 amide bonds. The number of hydrogen-bond donors (Lipinski definition) is 0. The second-order valence-corrected chi connectivity index (χ2v) is 14.9. The smallest absolute Gasteiger partial charge is 0.135 e. The normalized spacial score (nSPS) is 15.2. The van der Waals surface area contributed by atoms with Crippen LogP contribution in [0.25, 0.3) is 60.9 Å². The number of rotatable bonds is 8. The van der Waals surface area contributed by atoms with Crippen molar-refractivity contribution >= 4 is 44.3 Å². The summed E-state index contributed by atoms with van der Waals surface area (Å²) < 4.78 is 6.14. The summed E-state index contributed by atoms with van der Waals surface area (Å²) in [4.78, 5) is 2.52. The van der Waals surface area contributed by atoms with Crippen molar-refractivity contribution in [3.63, 3.8) is 0 Å². The first-order valence-corrected chi connectivity index (χ1v) is 19.8. The molecule has 0 saturated carbocycles. The van der Waals surface area contributed by atoms with E-state index in [-0.39, 0.29) is 0 Å². The van der Waals surface area contributed by atoms with Crippen LogP contribution in [0.2, 0.25) is 0 Å². The predicted octanol–water partition coefficient (Wildman–Crippen LogP) is 14.4. The maximum absolute atomic E-state index is 6.14. The fraction of sp³-hybridized carbons (Fsp3) is 0.111. The van der Waals surface area contributed by atoms with E-state index in [1.165, 1.54) is 83.5 Å². The molecule has 10 rings (SSSR count). The third kappa shape index (κ3) is 6.63. The quantitative estimate of drug-likeness (QED) is 0.145. The van der Waals surface area contributed by atoms with Crippen molar-refractivity contribution in [2.45, 2.75) is 38.5 Å². The van der Waals surface area contributed by atoms with E-state index in [1.807, 2.05) is 12.1 Å². The summed E-state index contributed by atoms with van der Waals surface area (Å²) in [6.07, 6.45) is 17.2. The molecular weight excluding hydrogens is 679 g/mol. The Bertz CT molecular complexity index is 2770. The number of nitrogens with zero attached hydrogens (tertiary/aromatic N) is 1. The molecule has 1 aromatic heterocycles. The summed E-state index contributed by atoms with van der Waals surface area (Å²) in [6.45, 7) is 0. The largest absolute Gasteiger partial charge is 0.456 e. The lowest BCUT2D eigenvalue weighted by atomic mass is 9.89. The highest BCUT2D eigenvalue weighted by atomic mass is 16.3. The molecule has 268 valence electrons. The van der Waals surface area contributed by atoms with Crippen molar-refractivity contribution in [2.24, 2.45) is 0 Å². The molecule has 2 nitrogen and oxygen atoms in total. The molecule has 0 saturated heterocycles. The Kier molecular flexibility index (Phi) is 8.90. The fourth-order valence-corrected chi connectivity index (χ4v) is 8.49. The van der Waals surface area contributed by atoms with Crippen LogP contribution in [0, 0.1) is 11.8 Å². The van der Waals surface area contributed by atoms with E-state index < -0.39 is 0 Å². The van der Waals surface area contributed by atoms with Crippen LogP contribution in [0.4, 0.5) is 5.69 Å². The average Bonchev–Trinajstić information content (AvgIpc) is 3.66. The number of fused-ring (bicyclic) bond motifs is 3. The maximum atomic E-state index is 6.14. The van der Waals surface area contributed by atoms with E-state index in [9.17, 15) is 0 Å². The minimum atomic E-state index is 0.924. The van der Waals surface area contributed by atoms with Crippen LogP contribution in [0.3, 0.4) is 0 Å². The lowest BCUT2D eigenvalue weighted by molar-refractivity contribution is 0.669. The minimum absolute atomic E-state index is 0.924. The topological polar surface area (TPSA) is 16.4 Å². The molecule has 56 heavy (non-hydrogen) atoms. The second-order valence-electron chi connectivity index (χ2n) is 14.9. The monoisotopic (exact) mass is 719 g/mol. The number of para-hydroxylation sites is 1. The van der Waals surface area contributed by atoms with Gasteiger partial charge in [-0.1, -0.05) is 121 Å². The van der Waals surface area contributed by atoms with E-state index >= 15 is 0 Å². The van der Waals surface area contributed by atoms with Crippen molar-refractivity contribution in [2.75, 3.05) is 4.90 Å². The van der Waals surface area contributed by atoms with Gasteiger partial charge in [-0.05, 0) is 155 Å². The van der Waals surface area contributed by atoms with Gasteiger partial charge in [0.15, 0.2) is 0 Å². The van der Waals surface area contributed by atoms with Crippen LogP contribution in [0.1, 0.15) is 55.2 Å². The first-order chi connectivity index (χ1) is 27.7. The van der Waals surface area contributed by atoms with E-state index in [1.54, 1.807) is 0 Å². The van der Waals surface area contributed by atoms with Crippen LogP contribution >= 0.6 is 0 Å². The SMILES string of the molecule is C1#CCCC(c2ccc(N(C3=CC=C(c4cc(-c5ccccc5)cc(-c5ccccc5)c4)CC3)C3=CC=C(c4ccc5oc6ccccc6c5c4)CC3)cc2)=C1. The predicted molar refractivity (Wildman–Crippen MR) is 236 cm³/mol. The third-order valence-electron chi connectivity index (χ3n) is 11.5. The molecule has 0 bridgehead atoms. The van der Waals surface area contributed by atoms with Crippen molar-refractivity contribution in [3.8, 4) is 34.1 Å². The fourth-order valence-electron chi connectivity index (χ4n) is 8.49. The first kappa shape index (κ1) is 33.7. The molecule has 0 radical (unpaired) electrons. The van der Waals surface area contributed by atoms with E-state index in [4.69, 9.17) is 4.42 Å². The number of allylic oxidation sites excluding steroid dienone is 10. The van der Waals surface area contributed by atoms with Crippen molar-refractivity contribution in [1.29, 1.82) is 0 Å². The number of anilines is 1. The second kappa shape index (κ2) is 14.8.